The molecule has 1 aromatic rings. The summed E-state index contributed by atoms with van der Waals surface area (Å²) in [4.78, 5) is 11.6. The van der Waals surface area contributed by atoms with Gasteiger partial charge in [-0.2, -0.15) is 0 Å². The smallest absolute Gasteiger partial charge is 0.226 e. The first-order valence-electron chi connectivity index (χ1n) is 5.63. The van der Waals surface area contributed by atoms with Crippen molar-refractivity contribution in [2.45, 2.75) is 20.4 Å². The molecule has 0 fully saturated rings. The molecule has 0 spiro atoms. The van der Waals surface area contributed by atoms with Crippen molar-refractivity contribution in [1.82, 2.24) is 10.6 Å². The lowest BCUT2D eigenvalue weighted by atomic mass is 9.92. The van der Waals surface area contributed by atoms with Crippen LogP contribution in [-0.4, -0.2) is 19.5 Å². The van der Waals surface area contributed by atoms with Crippen LogP contribution in [0.4, 0.5) is 0 Å². The molecule has 0 aromatic heterocycles. The second-order valence-corrected chi connectivity index (χ2v) is 5.13. The molecule has 0 radical (unpaired) electrons. The number of hydrogen-bond acceptors (Lipinski definition) is 2. The van der Waals surface area contributed by atoms with E-state index < -0.39 is 5.41 Å². The Morgan fingerprint density at radius 2 is 2.12 bits per heavy atom. The molecule has 0 saturated heterocycles. The topological polar surface area (TPSA) is 41.1 Å². The SMILES string of the molecule is CNC(=O)C(C)(C)CNCc1cccc(Cl)c1. The summed E-state index contributed by atoms with van der Waals surface area (Å²) < 4.78 is 0. The highest BCUT2D eigenvalue weighted by molar-refractivity contribution is 6.30. The van der Waals surface area contributed by atoms with E-state index in [9.17, 15) is 4.79 Å². The maximum atomic E-state index is 11.6. The molecule has 0 unspecified atom stereocenters. The molecule has 2 N–H and O–H groups in total. The van der Waals surface area contributed by atoms with Gasteiger partial charge in [0.15, 0.2) is 0 Å². The Kier molecular flexibility index (Phi) is 4.97. The molecule has 1 rings (SSSR count). The van der Waals surface area contributed by atoms with Crippen molar-refractivity contribution in [3.05, 3.63) is 34.9 Å². The van der Waals surface area contributed by atoms with Gasteiger partial charge in [-0.05, 0) is 31.5 Å². The first-order chi connectivity index (χ1) is 7.95. The Labute approximate surface area is 108 Å². The van der Waals surface area contributed by atoms with E-state index in [1.54, 1.807) is 7.05 Å². The Morgan fingerprint density at radius 1 is 1.41 bits per heavy atom. The lowest BCUT2D eigenvalue weighted by molar-refractivity contribution is -0.128. The van der Waals surface area contributed by atoms with Crippen LogP contribution in [0.1, 0.15) is 19.4 Å². The van der Waals surface area contributed by atoms with Gasteiger partial charge in [-0.3, -0.25) is 4.79 Å². The number of benzene rings is 1. The molecule has 1 amide bonds. The van der Waals surface area contributed by atoms with Crippen LogP contribution in [0.15, 0.2) is 24.3 Å². The zero-order valence-electron chi connectivity index (χ0n) is 10.5. The van der Waals surface area contributed by atoms with Gasteiger partial charge in [0.1, 0.15) is 0 Å². The fourth-order valence-corrected chi connectivity index (χ4v) is 1.80. The first-order valence-corrected chi connectivity index (χ1v) is 6.01. The van der Waals surface area contributed by atoms with Crippen molar-refractivity contribution in [2.75, 3.05) is 13.6 Å². The highest BCUT2D eigenvalue weighted by atomic mass is 35.5. The Bertz CT molecular complexity index is 391. The van der Waals surface area contributed by atoms with Crippen LogP contribution in [0, 0.1) is 5.41 Å². The highest BCUT2D eigenvalue weighted by Crippen LogP contribution is 2.14. The van der Waals surface area contributed by atoms with E-state index in [0.29, 0.717) is 13.1 Å². The predicted molar refractivity (Wildman–Crippen MR) is 71.0 cm³/mol. The van der Waals surface area contributed by atoms with Crippen LogP contribution in [-0.2, 0) is 11.3 Å². The van der Waals surface area contributed by atoms with Crippen molar-refractivity contribution in [2.24, 2.45) is 5.41 Å². The van der Waals surface area contributed by atoms with E-state index in [4.69, 9.17) is 11.6 Å². The van der Waals surface area contributed by atoms with Gasteiger partial charge in [-0.25, -0.2) is 0 Å². The largest absolute Gasteiger partial charge is 0.359 e. The molecule has 4 heteroatoms. The van der Waals surface area contributed by atoms with Crippen molar-refractivity contribution >= 4 is 17.5 Å². The van der Waals surface area contributed by atoms with Crippen molar-refractivity contribution in [3.63, 3.8) is 0 Å². The lowest BCUT2D eigenvalue weighted by Gasteiger charge is -2.22. The molecule has 17 heavy (non-hydrogen) atoms. The average Bonchev–Trinajstić information content (AvgIpc) is 2.27. The van der Waals surface area contributed by atoms with E-state index in [1.165, 1.54) is 0 Å². The van der Waals surface area contributed by atoms with Gasteiger partial charge in [0.25, 0.3) is 0 Å². The van der Waals surface area contributed by atoms with E-state index in [2.05, 4.69) is 10.6 Å². The molecule has 0 aliphatic heterocycles. The summed E-state index contributed by atoms with van der Waals surface area (Å²) in [5.41, 5.74) is 0.707. The van der Waals surface area contributed by atoms with Crippen LogP contribution < -0.4 is 10.6 Å². The zero-order valence-corrected chi connectivity index (χ0v) is 11.3. The second-order valence-electron chi connectivity index (χ2n) is 4.70. The maximum Gasteiger partial charge on any atom is 0.226 e. The molecule has 0 aliphatic carbocycles. The molecule has 0 heterocycles. The summed E-state index contributed by atoms with van der Waals surface area (Å²) >= 11 is 5.89. The zero-order chi connectivity index (χ0) is 12.9. The number of carbonyl (C=O) groups excluding carboxylic acids is 1. The second kappa shape index (κ2) is 6.03. The third-order valence-electron chi connectivity index (χ3n) is 2.63. The van der Waals surface area contributed by atoms with E-state index >= 15 is 0 Å². The molecular weight excluding hydrogens is 236 g/mol. The van der Waals surface area contributed by atoms with Gasteiger partial charge in [-0.1, -0.05) is 23.7 Å². The number of halogens is 1. The molecule has 3 nitrogen and oxygen atoms in total. The quantitative estimate of drug-likeness (QED) is 0.846. The summed E-state index contributed by atoms with van der Waals surface area (Å²) in [6.07, 6.45) is 0. The van der Waals surface area contributed by atoms with Crippen LogP contribution in [0.25, 0.3) is 0 Å². The summed E-state index contributed by atoms with van der Waals surface area (Å²) in [6.45, 7) is 5.16. The minimum atomic E-state index is -0.409. The fourth-order valence-electron chi connectivity index (χ4n) is 1.58. The van der Waals surface area contributed by atoms with E-state index in [1.807, 2.05) is 38.1 Å². The van der Waals surface area contributed by atoms with Gasteiger partial charge in [0.05, 0.1) is 5.41 Å². The monoisotopic (exact) mass is 254 g/mol. The molecule has 0 aliphatic rings. The molecule has 0 bridgehead atoms. The average molecular weight is 255 g/mol. The number of carbonyl (C=O) groups is 1. The first kappa shape index (κ1) is 14.0. The van der Waals surface area contributed by atoms with Crippen molar-refractivity contribution in [1.29, 1.82) is 0 Å². The van der Waals surface area contributed by atoms with Gasteiger partial charge >= 0.3 is 0 Å². The minimum absolute atomic E-state index is 0.0381. The van der Waals surface area contributed by atoms with Gasteiger partial charge in [0, 0.05) is 25.2 Å². The van der Waals surface area contributed by atoms with Crippen molar-refractivity contribution < 1.29 is 4.79 Å². The normalized spacial score (nSPS) is 11.3. The minimum Gasteiger partial charge on any atom is -0.359 e. The summed E-state index contributed by atoms with van der Waals surface area (Å²) in [6, 6.07) is 7.69. The van der Waals surface area contributed by atoms with Crippen LogP contribution in [0.5, 0.6) is 0 Å². The summed E-state index contributed by atoms with van der Waals surface area (Å²) in [5.74, 6) is 0.0381. The third kappa shape index (κ3) is 4.36. The fraction of sp³-hybridized carbons (Fsp3) is 0.462. The molecular formula is C13H19ClN2O. The van der Waals surface area contributed by atoms with E-state index in [0.717, 1.165) is 10.6 Å². The van der Waals surface area contributed by atoms with Gasteiger partial charge in [0.2, 0.25) is 5.91 Å². The highest BCUT2D eigenvalue weighted by Gasteiger charge is 2.25. The number of nitrogens with one attached hydrogen (secondary N) is 2. The van der Waals surface area contributed by atoms with Gasteiger partial charge < -0.3 is 10.6 Å². The molecule has 0 saturated carbocycles. The molecule has 0 atom stereocenters. The number of amides is 1. The van der Waals surface area contributed by atoms with Crippen LogP contribution >= 0.6 is 11.6 Å². The summed E-state index contributed by atoms with van der Waals surface area (Å²) in [5, 5.41) is 6.66. The summed E-state index contributed by atoms with van der Waals surface area (Å²) in [7, 11) is 1.65. The maximum absolute atomic E-state index is 11.6. The predicted octanol–water partition coefficient (Wildman–Crippen LogP) is 2.20. The standard InChI is InChI=1S/C13H19ClN2O/c1-13(2,12(17)15-3)9-16-8-10-5-4-6-11(14)7-10/h4-7,16H,8-9H2,1-3H3,(H,15,17). The van der Waals surface area contributed by atoms with Crippen molar-refractivity contribution in [3.8, 4) is 0 Å². The Balaban J connectivity index is 2.45. The Morgan fingerprint density at radius 3 is 2.71 bits per heavy atom. The number of hydrogen-bond donors (Lipinski definition) is 2. The lowest BCUT2D eigenvalue weighted by Crippen LogP contribution is -2.41. The van der Waals surface area contributed by atoms with E-state index in [-0.39, 0.29) is 5.91 Å². The molecule has 94 valence electrons. The Hall–Kier alpha value is -1.06. The number of rotatable bonds is 5. The molecule has 1 aromatic carbocycles. The van der Waals surface area contributed by atoms with Crippen LogP contribution in [0.3, 0.4) is 0 Å². The van der Waals surface area contributed by atoms with Gasteiger partial charge in [-0.15, -0.1) is 0 Å². The third-order valence-corrected chi connectivity index (χ3v) is 2.86. The van der Waals surface area contributed by atoms with Crippen LogP contribution in [0.2, 0.25) is 5.02 Å².